The minimum atomic E-state index is -2.97. The number of hydrogen-bond acceptors (Lipinski definition) is 2. The SMILES string of the molecule is CCN(CC1CCCC1)S(C)(=O)=O. The van der Waals surface area contributed by atoms with Crippen molar-refractivity contribution in [2.24, 2.45) is 5.92 Å². The van der Waals surface area contributed by atoms with Crippen molar-refractivity contribution in [3.63, 3.8) is 0 Å². The van der Waals surface area contributed by atoms with Crippen LogP contribution in [0.25, 0.3) is 0 Å². The third-order valence-corrected chi connectivity index (χ3v) is 4.10. The van der Waals surface area contributed by atoms with Crippen LogP contribution < -0.4 is 0 Å². The van der Waals surface area contributed by atoms with Gasteiger partial charge in [-0.3, -0.25) is 0 Å². The summed E-state index contributed by atoms with van der Waals surface area (Å²) in [5.41, 5.74) is 0. The molecule has 1 rings (SSSR count). The lowest BCUT2D eigenvalue weighted by Crippen LogP contribution is -2.33. The fraction of sp³-hybridized carbons (Fsp3) is 1.00. The van der Waals surface area contributed by atoms with Gasteiger partial charge in [0.1, 0.15) is 0 Å². The van der Waals surface area contributed by atoms with Gasteiger partial charge in [-0.05, 0) is 18.8 Å². The lowest BCUT2D eigenvalue weighted by atomic mass is 10.1. The molecule has 78 valence electrons. The summed E-state index contributed by atoms with van der Waals surface area (Å²) in [5.74, 6) is 0.606. The molecule has 4 heteroatoms. The monoisotopic (exact) mass is 205 g/mol. The number of nitrogens with zero attached hydrogens (tertiary/aromatic N) is 1. The third-order valence-electron chi connectivity index (χ3n) is 2.76. The molecule has 0 amide bonds. The van der Waals surface area contributed by atoms with Crippen molar-refractivity contribution in [1.29, 1.82) is 0 Å². The van der Waals surface area contributed by atoms with Crippen LogP contribution in [0.5, 0.6) is 0 Å². The molecule has 0 heterocycles. The van der Waals surface area contributed by atoms with Crippen LogP contribution in [0, 0.1) is 5.92 Å². The highest BCUT2D eigenvalue weighted by atomic mass is 32.2. The Morgan fingerprint density at radius 3 is 2.23 bits per heavy atom. The fourth-order valence-electron chi connectivity index (χ4n) is 1.98. The predicted octanol–water partition coefficient (Wildman–Crippen LogP) is 1.46. The van der Waals surface area contributed by atoms with Crippen LogP contribution in [0.2, 0.25) is 0 Å². The number of hydrogen-bond donors (Lipinski definition) is 0. The minimum Gasteiger partial charge on any atom is -0.213 e. The van der Waals surface area contributed by atoms with Crippen molar-refractivity contribution < 1.29 is 8.42 Å². The second kappa shape index (κ2) is 4.42. The molecule has 0 aromatic rings. The van der Waals surface area contributed by atoms with Crippen LogP contribution in [-0.4, -0.2) is 32.1 Å². The molecule has 1 fully saturated rings. The van der Waals surface area contributed by atoms with Gasteiger partial charge in [-0.15, -0.1) is 0 Å². The topological polar surface area (TPSA) is 37.4 Å². The molecule has 13 heavy (non-hydrogen) atoms. The Balaban J connectivity index is 2.48. The molecule has 0 aromatic heterocycles. The Morgan fingerprint density at radius 1 is 1.31 bits per heavy atom. The summed E-state index contributed by atoms with van der Waals surface area (Å²) in [6.07, 6.45) is 6.24. The van der Waals surface area contributed by atoms with Crippen LogP contribution in [0.4, 0.5) is 0 Å². The first-order valence-electron chi connectivity index (χ1n) is 4.99. The Bertz CT molecular complexity index is 242. The molecule has 0 radical (unpaired) electrons. The molecule has 1 aliphatic carbocycles. The van der Waals surface area contributed by atoms with Gasteiger partial charge in [0.15, 0.2) is 0 Å². The predicted molar refractivity (Wildman–Crippen MR) is 54.0 cm³/mol. The molecular weight excluding hydrogens is 186 g/mol. The second-order valence-electron chi connectivity index (χ2n) is 3.86. The molecule has 0 N–H and O–H groups in total. The van der Waals surface area contributed by atoms with Crippen LogP contribution in [0.15, 0.2) is 0 Å². The molecule has 3 nitrogen and oxygen atoms in total. The van der Waals surface area contributed by atoms with E-state index >= 15 is 0 Å². The smallest absolute Gasteiger partial charge is 0.211 e. The van der Waals surface area contributed by atoms with E-state index < -0.39 is 10.0 Å². The summed E-state index contributed by atoms with van der Waals surface area (Å²) in [4.78, 5) is 0. The van der Waals surface area contributed by atoms with E-state index in [1.807, 2.05) is 6.92 Å². The van der Waals surface area contributed by atoms with Gasteiger partial charge < -0.3 is 0 Å². The molecule has 0 unspecified atom stereocenters. The average Bonchev–Trinajstić information content (AvgIpc) is 2.49. The molecule has 0 atom stereocenters. The van der Waals surface area contributed by atoms with Crippen LogP contribution in [-0.2, 0) is 10.0 Å². The van der Waals surface area contributed by atoms with Gasteiger partial charge >= 0.3 is 0 Å². The standard InChI is InChI=1S/C9H19NO2S/c1-3-10(13(2,11)12)8-9-6-4-5-7-9/h9H,3-8H2,1-2H3. The highest BCUT2D eigenvalue weighted by Gasteiger charge is 2.22. The maximum atomic E-state index is 11.3. The molecule has 0 bridgehead atoms. The first kappa shape index (κ1) is 11.0. The quantitative estimate of drug-likeness (QED) is 0.697. The van der Waals surface area contributed by atoms with Gasteiger partial charge in [-0.1, -0.05) is 19.8 Å². The average molecular weight is 205 g/mol. The number of rotatable bonds is 4. The summed E-state index contributed by atoms with van der Waals surface area (Å²) in [5, 5.41) is 0. The van der Waals surface area contributed by atoms with Gasteiger partial charge in [0, 0.05) is 13.1 Å². The lowest BCUT2D eigenvalue weighted by Gasteiger charge is -2.21. The molecule has 1 aliphatic rings. The largest absolute Gasteiger partial charge is 0.213 e. The van der Waals surface area contributed by atoms with Crippen molar-refractivity contribution in [3.05, 3.63) is 0 Å². The van der Waals surface area contributed by atoms with Crippen LogP contribution in [0.3, 0.4) is 0 Å². The van der Waals surface area contributed by atoms with Gasteiger partial charge in [-0.2, -0.15) is 0 Å². The van der Waals surface area contributed by atoms with E-state index in [4.69, 9.17) is 0 Å². The van der Waals surface area contributed by atoms with E-state index in [2.05, 4.69) is 0 Å². The zero-order chi connectivity index (χ0) is 9.90. The second-order valence-corrected chi connectivity index (χ2v) is 5.85. The van der Waals surface area contributed by atoms with Crippen molar-refractivity contribution in [2.45, 2.75) is 32.6 Å². The van der Waals surface area contributed by atoms with Crippen molar-refractivity contribution >= 4 is 10.0 Å². The normalized spacial score (nSPS) is 19.9. The van der Waals surface area contributed by atoms with E-state index in [0.29, 0.717) is 12.5 Å². The molecule has 0 spiro atoms. The van der Waals surface area contributed by atoms with Crippen LogP contribution in [0.1, 0.15) is 32.6 Å². The van der Waals surface area contributed by atoms with E-state index in [9.17, 15) is 8.42 Å². The third kappa shape index (κ3) is 3.27. The van der Waals surface area contributed by atoms with Crippen molar-refractivity contribution in [3.8, 4) is 0 Å². The minimum absolute atomic E-state index is 0.606. The molecular formula is C9H19NO2S. The highest BCUT2D eigenvalue weighted by molar-refractivity contribution is 7.88. The fourth-order valence-corrected chi connectivity index (χ4v) is 2.93. The van der Waals surface area contributed by atoms with Gasteiger partial charge in [0.25, 0.3) is 0 Å². The maximum absolute atomic E-state index is 11.3. The summed E-state index contributed by atoms with van der Waals surface area (Å²) in [7, 11) is -2.97. The molecule has 0 saturated heterocycles. The van der Waals surface area contributed by atoms with Gasteiger partial charge in [-0.25, -0.2) is 12.7 Å². The number of sulfonamides is 1. The summed E-state index contributed by atoms with van der Waals surface area (Å²) in [6, 6.07) is 0. The molecule has 1 saturated carbocycles. The van der Waals surface area contributed by atoms with E-state index in [0.717, 1.165) is 6.54 Å². The Morgan fingerprint density at radius 2 is 1.85 bits per heavy atom. The first-order valence-corrected chi connectivity index (χ1v) is 6.84. The summed E-state index contributed by atoms with van der Waals surface area (Å²) in [6.45, 7) is 3.24. The zero-order valence-electron chi connectivity index (χ0n) is 8.49. The van der Waals surface area contributed by atoms with Crippen molar-refractivity contribution in [2.75, 3.05) is 19.3 Å². The molecule has 0 aliphatic heterocycles. The Labute approximate surface area is 81.2 Å². The highest BCUT2D eigenvalue weighted by Crippen LogP contribution is 2.25. The van der Waals surface area contributed by atoms with E-state index in [1.54, 1.807) is 4.31 Å². The van der Waals surface area contributed by atoms with E-state index in [-0.39, 0.29) is 0 Å². The van der Waals surface area contributed by atoms with Crippen LogP contribution >= 0.6 is 0 Å². The first-order chi connectivity index (χ1) is 6.04. The van der Waals surface area contributed by atoms with Crippen molar-refractivity contribution in [1.82, 2.24) is 4.31 Å². The Hall–Kier alpha value is -0.0900. The Kier molecular flexibility index (Phi) is 3.74. The molecule has 0 aromatic carbocycles. The maximum Gasteiger partial charge on any atom is 0.211 e. The van der Waals surface area contributed by atoms with Gasteiger partial charge in [0.2, 0.25) is 10.0 Å². The van der Waals surface area contributed by atoms with E-state index in [1.165, 1.54) is 31.9 Å². The summed E-state index contributed by atoms with van der Waals surface area (Å²) < 4.78 is 24.1. The van der Waals surface area contributed by atoms with Gasteiger partial charge in [0.05, 0.1) is 6.26 Å². The lowest BCUT2D eigenvalue weighted by molar-refractivity contribution is 0.358. The zero-order valence-corrected chi connectivity index (χ0v) is 9.31. The summed E-state index contributed by atoms with van der Waals surface area (Å²) >= 11 is 0.